The highest BCUT2D eigenvalue weighted by Crippen LogP contribution is 2.30. The Morgan fingerprint density at radius 3 is 2.50 bits per heavy atom. The van der Waals surface area contributed by atoms with Gasteiger partial charge in [0.1, 0.15) is 4.90 Å². The number of terminal acetylenes is 1. The molecule has 2 N–H and O–H groups in total. The Bertz CT molecular complexity index is 624. The van der Waals surface area contributed by atoms with E-state index in [1.807, 2.05) is 6.92 Å². The predicted octanol–water partition coefficient (Wildman–Crippen LogP) is 2.49. The van der Waals surface area contributed by atoms with E-state index in [1.165, 1.54) is 16.4 Å². The summed E-state index contributed by atoms with van der Waals surface area (Å²) in [6.45, 7) is 2.31. The van der Waals surface area contributed by atoms with Crippen LogP contribution in [0.4, 0.5) is 0 Å². The lowest BCUT2D eigenvalue weighted by atomic mass is 10.2. The van der Waals surface area contributed by atoms with Crippen LogP contribution in [0.15, 0.2) is 17.0 Å². The number of rotatable bonds is 6. The molecule has 0 spiro atoms. The van der Waals surface area contributed by atoms with Crippen molar-refractivity contribution in [1.82, 2.24) is 4.31 Å². The van der Waals surface area contributed by atoms with Crippen molar-refractivity contribution in [3.05, 3.63) is 27.7 Å². The molecule has 1 aromatic rings. The van der Waals surface area contributed by atoms with Gasteiger partial charge in [0.15, 0.2) is 0 Å². The van der Waals surface area contributed by atoms with Crippen LogP contribution in [0, 0.1) is 12.3 Å². The van der Waals surface area contributed by atoms with Crippen LogP contribution in [-0.4, -0.2) is 25.8 Å². The lowest BCUT2D eigenvalue weighted by molar-refractivity contribution is 0.445. The summed E-state index contributed by atoms with van der Waals surface area (Å²) < 4.78 is 26.4. The molecule has 110 valence electrons. The molecule has 0 aromatic heterocycles. The summed E-state index contributed by atoms with van der Waals surface area (Å²) in [7, 11) is -3.76. The fourth-order valence-electron chi connectivity index (χ4n) is 1.70. The van der Waals surface area contributed by atoms with Crippen molar-refractivity contribution in [3.63, 3.8) is 0 Å². The lowest BCUT2D eigenvalue weighted by Gasteiger charge is -2.20. The van der Waals surface area contributed by atoms with Crippen LogP contribution in [0.2, 0.25) is 10.0 Å². The van der Waals surface area contributed by atoms with Crippen molar-refractivity contribution in [1.29, 1.82) is 0 Å². The lowest BCUT2D eigenvalue weighted by Crippen LogP contribution is -2.32. The Hall–Kier alpha value is -0.770. The molecule has 1 rings (SSSR count). The van der Waals surface area contributed by atoms with E-state index in [0.717, 1.165) is 0 Å². The van der Waals surface area contributed by atoms with Gasteiger partial charge in [0.05, 0.1) is 11.6 Å². The van der Waals surface area contributed by atoms with Gasteiger partial charge >= 0.3 is 0 Å². The van der Waals surface area contributed by atoms with Crippen LogP contribution in [-0.2, 0) is 16.6 Å². The zero-order valence-corrected chi connectivity index (χ0v) is 13.4. The molecule has 0 fully saturated rings. The number of hydrogen-bond acceptors (Lipinski definition) is 3. The molecular weight excluding hydrogens is 319 g/mol. The van der Waals surface area contributed by atoms with Crippen LogP contribution in [0.5, 0.6) is 0 Å². The topological polar surface area (TPSA) is 63.4 Å². The van der Waals surface area contributed by atoms with Gasteiger partial charge in [-0.3, -0.25) is 0 Å². The molecular formula is C13H16Cl2N2O2S. The van der Waals surface area contributed by atoms with E-state index >= 15 is 0 Å². The third kappa shape index (κ3) is 3.66. The van der Waals surface area contributed by atoms with Crippen molar-refractivity contribution < 1.29 is 8.42 Å². The second kappa shape index (κ2) is 7.30. The maximum Gasteiger partial charge on any atom is 0.245 e. The summed E-state index contributed by atoms with van der Waals surface area (Å²) in [5.74, 6) is 2.34. The maximum atomic E-state index is 12.6. The first-order chi connectivity index (χ1) is 9.38. The van der Waals surface area contributed by atoms with Crippen molar-refractivity contribution in [2.45, 2.75) is 24.8 Å². The molecule has 1 aromatic carbocycles. The van der Waals surface area contributed by atoms with E-state index in [1.54, 1.807) is 0 Å². The molecule has 7 heteroatoms. The number of halogens is 2. The van der Waals surface area contributed by atoms with Crippen molar-refractivity contribution >= 4 is 33.2 Å². The van der Waals surface area contributed by atoms with E-state index in [-0.39, 0.29) is 23.0 Å². The third-order valence-corrected chi connectivity index (χ3v) is 5.34. The number of sulfonamides is 1. The minimum Gasteiger partial charge on any atom is -0.326 e. The number of hydrogen-bond donors (Lipinski definition) is 1. The molecule has 0 aliphatic heterocycles. The van der Waals surface area contributed by atoms with Crippen LogP contribution < -0.4 is 5.73 Å². The average molecular weight is 335 g/mol. The third-order valence-electron chi connectivity index (χ3n) is 2.68. The van der Waals surface area contributed by atoms with Crippen molar-refractivity contribution in [3.8, 4) is 12.3 Å². The Morgan fingerprint density at radius 2 is 2.00 bits per heavy atom. The highest BCUT2D eigenvalue weighted by Gasteiger charge is 2.26. The van der Waals surface area contributed by atoms with E-state index in [2.05, 4.69) is 5.92 Å². The Labute approximate surface area is 129 Å². The first-order valence-corrected chi connectivity index (χ1v) is 8.19. The molecule has 0 aliphatic rings. The van der Waals surface area contributed by atoms with Gasteiger partial charge < -0.3 is 5.73 Å². The fraction of sp³-hybridized carbons (Fsp3) is 0.385. The molecule has 0 atom stereocenters. The van der Waals surface area contributed by atoms with Gasteiger partial charge in [0.25, 0.3) is 0 Å². The number of benzene rings is 1. The second-order valence-electron chi connectivity index (χ2n) is 4.12. The molecule has 0 unspecified atom stereocenters. The predicted molar refractivity (Wildman–Crippen MR) is 82.2 cm³/mol. The Morgan fingerprint density at radius 1 is 1.35 bits per heavy atom. The van der Waals surface area contributed by atoms with Crippen LogP contribution >= 0.6 is 23.2 Å². The molecule has 0 heterocycles. The van der Waals surface area contributed by atoms with Gasteiger partial charge in [-0.2, -0.15) is 4.31 Å². The first kappa shape index (κ1) is 17.3. The van der Waals surface area contributed by atoms with E-state index in [9.17, 15) is 8.42 Å². The van der Waals surface area contributed by atoms with Crippen molar-refractivity contribution in [2.75, 3.05) is 13.1 Å². The minimum absolute atomic E-state index is 0.00686. The summed E-state index contributed by atoms with van der Waals surface area (Å²) in [4.78, 5) is -0.0206. The molecule has 0 saturated carbocycles. The quantitative estimate of drug-likeness (QED) is 0.813. The average Bonchev–Trinajstić information content (AvgIpc) is 2.38. The number of nitrogens with two attached hydrogens (primary N) is 1. The number of nitrogens with zero attached hydrogens (tertiary/aromatic N) is 1. The van der Waals surface area contributed by atoms with E-state index < -0.39 is 10.0 Å². The van der Waals surface area contributed by atoms with Gasteiger partial charge in [0.2, 0.25) is 10.0 Å². The monoisotopic (exact) mass is 334 g/mol. The van der Waals surface area contributed by atoms with Gasteiger partial charge in [-0.25, -0.2) is 8.42 Å². The zero-order chi connectivity index (χ0) is 15.3. The Kier molecular flexibility index (Phi) is 6.31. The summed E-state index contributed by atoms with van der Waals surface area (Å²) in [6.07, 6.45) is 5.87. The minimum atomic E-state index is -3.76. The SMILES string of the molecule is C#CCN(CCC)S(=O)(=O)c1cc(CN)c(Cl)cc1Cl. The molecule has 0 radical (unpaired) electrons. The van der Waals surface area contributed by atoms with Gasteiger partial charge in [-0.05, 0) is 24.1 Å². The standard InChI is InChI=1S/C13H16Cl2N2O2S/c1-3-5-17(6-4-2)20(18,19)13-7-10(9-16)11(14)8-12(13)15/h1,7-8H,4-6,9,16H2,2H3. The largest absolute Gasteiger partial charge is 0.326 e. The Balaban J connectivity index is 3.37. The van der Waals surface area contributed by atoms with E-state index in [0.29, 0.717) is 23.6 Å². The van der Waals surface area contributed by atoms with Crippen LogP contribution in [0.25, 0.3) is 0 Å². The summed E-state index contributed by atoms with van der Waals surface area (Å²) >= 11 is 12.0. The second-order valence-corrected chi connectivity index (χ2v) is 6.84. The molecule has 4 nitrogen and oxygen atoms in total. The molecule has 0 saturated heterocycles. The fourth-order valence-corrected chi connectivity index (χ4v) is 3.99. The molecule has 0 bridgehead atoms. The van der Waals surface area contributed by atoms with Crippen LogP contribution in [0.1, 0.15) is 18.9 Å². The van der Waals surface area contributed by atoms with Crippen LogP contribution in [0.3, 0.4) is 0 Å². The van der Waals surface area contributed by atoms with Gasteiger partial charge in [0, 0.05) is 18.1 Å². The van der Waals surface area contributed by atoms with Gasteiger partial charge in [-0.15, -0.1) is 6.42 Å². The molecule has 0 amide bonds. The van der Waals surface area contributed by atoms with E-state index in [4.69, 9.17) is 35.4 Å². The van der Waals surface area contributed by atoms with Crippen molar-refractivity contribution in [2.24, 2.45) is 5.73 Å². The summed E-state index contributed by atoms with van der Waals surface area (Å²) in [5, 5.41) is 0.403. The highest BCUT2D eigenvalue weighted by molar-refractivity contribution is 7.89. The zero-order valence-electron chi connectivity index (χ0n) is 11.1. The summed E-state index contributed by atoms with van der Waals surface area (Å²) in [6, 6.07) is 2.79. The summed E-state index contributed by atoms with van der Waals surface area (Å²) in [5.41, 5.74) is 6.06. The normalized spacial score (nSPS) is 11.6. The molecule has 20 heavy (non-hydrogen) atoms. The molecule has 0 aliphatic carbocycles. The highest BCUT2D eigenvalue weighted by atomic mass is 35.5. The van der Waals surface area contributed by atoms with Gasteiger partial charge in [-0.1, -0.05) is 36.0 Å². The smallest absolute Gasteiger partial charge is 0.245 e. The maximum absolute atomic E-state index is 12.6. The first-order valence-electron chi connectivity index (χ1n) is 6.00.